The maximum Gasteiger partial charge on any atom is 0.350 e. The number of aryl methyl sites for hydroxylation is 1. The Morgan fingerprint density at radius 2 is 1.93 bits per heavy atom. The van der Waals surface area contributed by atoms with Crippen molar-refractivity contribution in [3.05, 3.63) is 47.3 Å². The van der Waals surface area contributed by atoms with Gasteiger partial charge < -0.3 is 26.0 Å². The van der Waals surface area contributed by atoms with E-state index in [0.29, 0.717) is 58.7 Å². The number of hydrogen-bond acceptors (Lipinski definition) is 9. The van der Waals surface area contributed by atoms with Gasteiger partial charge in [0, 0.05) is 44.5 Å². The monoisotopic (exact) mass is 632 g/mol. The Bertz CT molecular complexity index is 1630. The minimum absolute atomic E-state index is 0.0179. The summed E-state index contributed by atoms with van der Waals surface area (Å²) in [6, 6.07) is 4.62. The van der Waals surface area contributed by atoms with Crippen LogP contribution in [0.2, 0.25) is 5.02 Å². The minimum Gasteiger partial charge on any atom is -0.504 e. The number of nitrogens with zero attached hydrogens (tertiary/aromatic N) is 4. The number of sulfonamides is 1. The van der Waals surface area contributed by atoms with Crippen LogP contribution in [0.3, 0.4) is 0 Å². The number of fused-ring (bicyclic) bond motifs is 5. The average molecular weight is 633 g/mol. The molecule has 6 rings (SSSR count). The number of rotatable bonds is 2. The van der Waals surface area contributed by atoms with E-state index in [4.69, 9.17) is 17.3 Å². The number of carbonyl (C=O) groups excluding carboxylic acids is 1. The van der Waals surface area contributed by atoms with Crippen molar-refractivity contribution < 1.29 is 22.9 Å². The highest BCUT2D eigenvalue weighted by Gasteiger charge is 2.34. The van der Waals surface area contributed by atoms with E-state index in [1.54, 1.807) is 15.5 Å². The molecule has 11 nitrogen and oxygen atoms in total. The van der Waals surface area contributed by atoms with Crippen LogP contribution in [-0.4, -0.2) is 67.6 Å². The molecule has 3 aromatic rings. The lowest BCUT2D eigenvalue weighted by Crippen LogP contribution is -2.46. The zero-order chi connectivity index (χ0) is 29.4. The third kappa shape index (κ3) is 5.68. The third-order valence-corrected chi connectivity index (χ3v) is 11.2. The molecule has 1 saturated heterocycles. The summed E-state index contributed by atoms with van der Waals surface area (Å²) >= 11 is 7.60. The number of carbonyl (C=O) groups is 1. The van der Waals surface area contributed by atoms with Crippen molar-refractivity contribution in [2.24, 2.45) is 5.73 Å². The summed E-state index contributed by atoms with van der Waals surface area (Å²) in [4.78, 5) is 22.6. The number of benzene rings is 1. The largest absolute Gasteiger partial charge is 0.504 e. The molecule has 5 N–H and O–H groups in total. The first-order chi connectivity index (χ1) is 20.2. The molecule has 0 atom stereocenters. The smallest absolute Gasteiger partial charge is 0.350 e. The highest BCUT2D eigenvalue weighted by Crippen LogP contribution is 2.37. The molecule has 224 valence electrons. The lowest BCUT2D eigenvalue weighted by atomic mass is 9.90. The van der Waals surface area contributed by atoms with Crippen LogP contribution < -0.4 is 25.2 Å². The number of anilines is 2. The second-order valence-corrected chi connectivity index (χ2v) is 14.1. The van der Waals surface area contributed by atoms with Gasteiger partial charge in [-0.3, -0.25) is 4.79 Å². The van der Waals surface area contributed by atoms with Crippen molar-refractivity contribution in [3.8, 4) is 5.75 Å². The maximum atomic E-state index is 14.3. The van der Waals surface area contributed by atoms with Gasteiger partial charge in [0.25, 0.3) is 5.91 Å². The van der Waals surface area contributed by atoms with Crippen LogP contribution >= 0.6 is 22.9 Å². The predicted octanol–water partition coefficient (Wildman–Crippen LogP) is 3.17. The van der Waals surface area contributed by atoms with Crippen LogP contribution in [0.1, 0.15) is 48.9 Å². The zero-order valence-electron chi connectivity index (χ0n) is 23.1. The van der Waals surface area contributed by atoms with Gasteiger partial charge in [-0.1, -0.05) is 17.7 Å². The number of nitrogens with one attached hydrogen (secondary N) is 2. The molecule has 2 aromatic heterocycles. The van der Waals surface area contributed by atoms with E-state index in [-0.39, 0.29) is 34.2 Å². The second kappa shape index (κ2) is 12.0. The number of nitrogens with two attached hydrogens (primary N) is 1. The van der Waals surface area contributed by atoms with Gasteiger partial charge in [-0.05, 0) is 68.1 Å². The van der Waals surface area contributed by atoms with Crippen LogP contribution in [0.4, 0.5) is 10.9 Å². The molecule has 1 amide bonds. The fraction of sp³-hybridized carbons (Fsp3) is 0.464. The van der Waals surface area contributed by atoms with Crippen LogP contribution in [0, 0.1) is 0 Å². The molecule has 0 radical (unpaired) electrons. The zero-order valence-corrected chi connectivity index (χ0v) is 25.5. The number of aromatic nitrogens is 2. The standard InChI is InChI=1S/C28H34ClN7O4S2/c29-22-8-9-23(37)24-25(22)41-28-33-42(39,40)20-16-21(26(32-17-20)34-14-10-31-11-15-34)27(38)35(12-2-1-3-13-36(24)28)19-6-4-18(30)5-7-19/h2,8-9,12,16-19,31,37H,1,3-7,10-11,13-15,30H2/p+1/b12-2-,33-28?. The van der Waals surface area contributed by atoms with E-state index in [1.165, 1.54) is 18.3 Å². The Morgan fingerprint density at radius 1 is 1.17 bits per heavy atom. The van der Waals surface area contributed by atoms with Gasteiger partial charge in [-0.15, -0.1) is 0 Å². The number of amides is 1. The van der Waals surface area contributed by atoms with Crippen molar-refractivity contribution in [3.63, 3.8) is 0 Å². The summed E-state index contributed by atoms with van der Waals surface area (Å²) in [5.41, 5.74) is 6.91. The third-order valence-electron chi connectivity index (χ3n) is 8.18. The van der Waals surface area contributed by atoms with E-state index in [1.807, 2.05) is 17.2 Å². The van der Waals surface area contributed by atoms with Crippen LogP contribution in [0.25, 0.3) is 10.2 Å². The Kier molecular flexibility index (Phi) is 8.29. The van der Waals surface area contributed by atoms with E-state index in [0.717, 1.165) is 50.1 Å². The van der Waals surface area contributed by atoms with Gasteiger partial charge in [0.2, 0.25) is 0 Å². The van der Waals surface area contributed by atoms with Crippen molar-refractivity contribution in [2.75, 3.05) is 35.8 Å². The van der Waals surface area contributed by atoms with Gasteiger partial charge in [0.15, 0.2) is 11.3 Å². The summed E-state index contributed by atoms with van der Waals surface area (Å²) in [7, 11) is -4.16. The molecule has 2 fully saturated rings. The maximum absolute atomic E-state index is 14.3. The van der Waals surface area contributed by atoms with Crippen molar-refractivity contribution in [2.45, 2.75) is 62.0 Å². The van der Waals surface area contributed by atoms with E-state index in [2.05, 4.69) is 15.0 Å². The van der Waals surface area contributed by atoms with Gasteiger partial charge in [0.1, 0.15) is 15.4 Å². The molecular formula is C28H35ClN7O4S2+. The second-order valence-electron chi connectivity index (χ2n) is 11.0. The summed E-state index contributed by atoms with van der Waals surface area (Å²) in [5, 5.41) is 14.7. The number of aromatic hydroxyl groups is 1. The number of pyridine rings is 1. The van der Waals surface area contributed by atoms with E-state index in [9.17, 15) is 18.3 Å². The lowest BCUT2D eigenvalue weighted by Gasteiger charge is -2.35. The summed E-state index contributed by atoms with van der Waals surface area (Å²) in [6.07, 6.45) is 9.61. The van der Waals surface area contributed by atoms with Crippen molar-refractivity contribution in [1.82, 2.24) is 15.2 Å². The topological polar surface area (TPSA) is 145 Å². The molecule has 0 spiro atoms. The number of piperazine rings is 1. The fourth-order valence-corrected chi connectivity index (χ4v) is 8.56. The summed E-state index contributed by atoms with van der Waals surface area (Å²) < 4.78 is 32.7. The Balaban J connectivity index is 1.48. The van der Waals surface area contributed by atoms with Gasteiger partial charge >= 0.3 is 15.2 Å². The molecule has 1 aliphatic carbocycles. The molecule has 1 aromatic carbocycles. The highest BCUT2D eigenvalue weighted by atomic mass is 35.5. The predicted molar refractivity (Wildman–Crippen MR) is 164 cm³/mol. The molecule has 2 aliphatic heterocycles. The van der Waals surface area contributed by atoms with Gasteiger partial charge in [-0.2, -0.15) is 13.1 Å². The number of allylic oxidation sites excluding steroid dienone is 1. The highest BCUT2D eigenvalue weighted by molar-refractivity contribution is 7.93. The molecule has 1 saturated carbocycles. The van der Waals surface area contributed by atoms with E-state index >= 15 is 0 Å². The molecule has 3 aliphatic rings. The first kappa shape index (κ1) is 29.1. The normalized spacial score (nSPS) is 24.1. The number of phenolic OH excluding ortho intramolecular Hbond substituents is 1. The number of hydrogen-bond donors (Lipinski definition) is 4. The quantitative estimate of drug-likeness (QED) is 0.315. The van der Waals surface area contributed by atoms with E-state index < -0.39 is 10.0 Å². The molecular weight excluding hydrogens is 598 g/mol. The first-order valence-corrected chi connectivity index (χ1v) is 17.0. The molecule has 42 heavy (non-hydrogen) atoms. The Morgan fingerprint density at radius 3 is 2.69 bits per heavy atom. The van der Waals surface area contributed by atoms with Gasteiger partial charge in [0.05, 0.1) is 23.3 Å². The molecule has 2 bridgehead atoms. The summed E-state index contributed by atoms with van der Waals surface area (Å²) in [5.74, 6) is 0.229. The van der Waals surface area contributed by atoms with Crippen LogP contribution in [0.15, 0.2) is 41.6 Å². The van der Waals surface area contributed by atoms with Crippen LogP contribution in [-0.2, 0) is 16.6 Å². The fourth-order valence-electron chi connectivity index (χ4n) is 5.91. The van der Waals surface area contributed by atoms with Crippen molar-refractivity contribution in [1.29, 1.82) is 0 Å². The Hall–Kier alpha value is -2.97. The minimum atomic E-state index is -4.16. The molecule has 0 unspecified atom stereocenters. The molecule has 4 heterocycles. The number of thiazole rings is 1. The average Bonchev–Trinajstić information content (AvgIpc) is 3.35. The van der Waals surface area contributed by atoms with Gasteiger partial charge in [-0.25, -0.2) is 9.55 Å². The SMILES string of the molecule is NC1CCC(N2/C=C\CCC[n+]3c(sc4c(Cl)ccc(O)c43)NS(=O)(=O)c3cnc(N4CCNCC4)c(c3)C2=O)CC1. The summed E-state index contributed by atoms with van der Waals surface area (Å²) in [6.45, 7) is 3.20. The van der Waals surface area contributed by atoms with Crippen LogP contribution in [0.5, 0.6) is 5.75 Å². The lowest BCUT2D eigenvalue weighted by molar-refractivity contribution is -0.653. The Labute approximate surface area is 254 Å². The molecule has 14 heteroatoms. The van der Waals surface area contributed by atoms with Crippen molar-refractivity contribution >= 4 is 60.0 Å². The number of halogens is 1. The number of phenols is 1. The first-order valence-electron chi connectivity index (χ1n) is 14.3.